The van der Waals surface area contributed by atoms with E-state index in [0.717, 1.165) is 22.6 Å². The number of halogens is 2. The lowest BCUT2D eigenvalue weighted by Crippen LogP contribution is -2.49. The molecule has 1 aliphatic heterocycles. The summed E-state index contributed by atoms with van der Waals surface area (Å²) in [4.78, 5) is 29.7. The molecule has 0 unspecified atom stereocenters. The molecule has 0 atom stereocenters. The van der Waals surface area contributed by atoms with Gasteiger partial charge in [0.05, 0.1) is 16.6 Å². The standard InChI is InChI=1S/C25H25Cl2N3O2/c1-17-14-21(18(2)30(17)20-6-4-3-5-7-20)24(31)16-28-10-12-29(13-11-28)25(32)19-8-9-22(26)23(27)15-19/h3-9,14-15H,10-13,16H2,1-2H3. The monoisotopic (exact) mass is 469 g/mol. The Hall–Kier alpha value is -2.60. The highest BCUT2D eigenvalue weighted by atomic mass is 35.5. The van der Waals surface area contributed by atoms with Crippen LogP contribution in [0.4, 0.5) is 0 Å². The first-order chi connectivity index (χ1) is 15.3. The third-order valence-electron chi connectivity index (χ3n) is 5.94. The minimum absolute atomic E-state index is 0.0686. The van der Waals surface area contributed by atoms with E-state index < -0.39 is 0 Å². The Bertz CT molecular complexity index is 1150. The van der Waals surface area contributed by atoms with Crippen molar-refractivity contribution in [2.75, 3.05) is 32.7 Å². The number of nitrogens with zero attached hydrogens (tertiary/aromatic N) is 3. The van der Waals surface area contributed by atoms with Crippen molar-refractivity contribution in [3.63, 3.8) is 0 Å². The van der Waals surface area contributed by atoms with Crippen LogP contribution in [-0.2, 0) is 0 Å². The third kappa shape index (κ3) is 4.60. The van der Waals surface area contributed by atoms with E-state index >= 15 is 0 Å². The van der Waals surface area contributed by atoms with Crippen molar-refractivity contribution in [3.05, 3.63) is 87.2 Å². The summed E-state index contributed by atoms with van der Waals surface area (Å²) < 4.78 is 2.11. The van der Waals surface area contributed by atoms with Gasteiger partial charge in [-0.3, -0.25) is 14.5 Å². The Labute approximate surface area is 198 Å². The second kappa shape index (κ2) is 9.49. The third-order valence-corrected chi connectivity index (χ3v) is 6.68. The van der Waals surface area contributed by atoms with Gasteiger partial charge in [0.1, 0.15) is 0 Å². The molecule has 0 saturated carbocycles. The summed E-state index contributed by atoms with van der Waals surface area (Å²) in [6.45, 7) is 6.77. The normalized spacial score (nSPS) is 14.6. The van der Waals surface area contributed by atoms with Crippen LogP contribution >= 0.6 is 23.2 Å². The summed E-state index contributed by atoms with van der Waals surface area (Å²) in [5.41, 5.74) is 4.31. The maximum atomic E-state index is 13.1. The number of para-hydroxylation sites is 1. The van der Waals surface area contributed by atoms with E-state index in [1.54, 1.807) is 23.1 Å². The molecule has 5 nitrogen and oxygen atoms in total. The number of piperazine rings is 1. The molecular weight excluding hydrogens is 445 g/mol. The number of benzene rings is 2. The molecule has 1 aliphatic rings. The van der Waals surface area contributed by atoms with Crippen LogP contribution in [-0.4, -0.2) is 58.8 Å². The maximum absolute atomic E-state index is 13.1. The predicted octanol–water partition coefficient (Wildman–Crippen LogP) is 5.04. The first-order valence-electron chi connectivity index (χ1n) is 10.6. The summed E-state index contributed by atoms with van der Waals surface area (Å²) in [5, 5.41) is 0.799. The van der Waals surface area contributed by atoms with Gasteiger partial charge in [-0.2, -0.15) is 0 Å². The van der Waals surface area contributed by atoms with E-state index in [4.69, 9.17) is 23.2 Å². The topological polar surface area (TPSA) is 45.6 Å². The summed E-state index contributed by atoms with van der Waals surface area (Å²) in [7, 11) is 0. The average molecular weight is 470 g/mol. The Balaban J connectivity index is 1.39. The predicted molar refractivity (Wildman–Crippen MR) is 128 cm³/mol. The summed E-state index contributed by atoms with van der Waals surface area (Å²) in [6.07, 6.45) is 0. The van der Waals surface area contributed by atoms with Gasteiger partial charge in [-0.05, 0) is 50.2 Å². The fraction of sp³-hybridized carbons (Fsp3) is 0.280. The quantitative estimate of drug-likeness (QED) is 0.491. The highest BCUT2D eigenvalue weighted by Crippen LogP contribution is 2.24. The van der Waals surface area contributed by atoms with E-state index in [1.165, 1.54) is 0 Å². The van der Waals surface area contributed by atoms with Crippen LogP contribution in [0.3, 0.4) is 0 Å². The van der Waals surface area contributed by atoms with Crippen molar-refractivity contribution in [1.82, 2.24) is 14.4 Å². The molecule has 0 bridgehead atoms. The molecule has 0 N–H and O–H groups in total. The fourth-order valence-corrected chi connectivity index (χ4v) is 4.53. The van der Waals surface area contributed by atoms with E-state index in [2.05, 4.69) is 9.47 Å². The van der Waals surface area contributed by atoms with Gasteiger partial charge in [0.25, 0.3) is 5.91 Å². The fourth-order valence-electron chi connectivity index (χ4n) is 4.23. The smallest absolute Gasteiger partial charge is 0.253 e. The Morgan fingerprint density at radius 3 is 2.22 bits per heavy atom. The molecule has 2 aromatic carbocycles. The lowest BCUT2D eigenvalue weighted by Gasteiger charge is -2.34. The van der Waals surface area contributed by atoms with Crippen LogP contribution in [0.5, 0.6) is 0 Å². The molecule has 2 heterocycles. The van der Waals surface area contributed by atoms with Crippen LogP contribution < -0.4 is 0 Å². The second-order valence-electron chi connectivity index (χ2n) is 8.08. The van der Waals surface area contributed by atoms with Crippen molar-refractivity contribution in [2.24, 2.45) is 0 Å². The number of aromatic nitrogens is 1. The summed E-state index contributed by atoms with van der Waals surface area (Å²) >= 11 is 12.0. The molecule has 0 spiro atoms. The van der Waals surface area contributed by atoms with Gasteiger partial charge in [0.2, 0.25) is 0 Å². The number of hydrogen-bond donors (Lipinski definition) is 0. The van der Waals surface area contributed by atoms with Gasteiger partial charge in [-0.15, -0.1) is 0 Å². The number of rotatable bonds is 5. The van der Waals surface area contributed by atoms with Gasteiger partial charge in [0, 0.05) is 54.4 Å². The highest BCUT2D eigenvalue weighted by Gasteiger charge is 2.25. The molecule has 1 aromatic heterocycles. The number of carbonyl (C=O) groups excluding carboxylic acids is 2. The molecule has 1 fully saturated rings. The molecule has 1 amide bonds. The maximum Gasteiger partial charge on any atom is 0.253 e. The van der Waals surface area contributed by atoms with Crippen LogP contribution in [0.15, 0.2) is 54.6 Å². The average Bonchev–Trinajstić information content (AvgIpc) is 3.10. The molecule has 7 heteroatoms. The van der Waals surface area contributed by atoms with E-state index in [9.17, 15) is 9.59 Å². The first-order valence-corrected chi connectivity index (χ1v) is 11.3. The number of Topliss-reactive ketones (excluding diaryl/α,β-unsaturated/α-hetero) is 1. The van der Waals surface area contributed by atoms with Crippen molar-refractivity contribution in [1.29, 1.82) is 0 Å². The van der Waals surface area contributed by atoms with E-state index in [1.807, 2.05) is 50.2 Å². The second-order valence-corrected chi connectivity index (χ2v) is 8.89. The molecule has 4 rings (SSSR count). The molecule has 0 aliphatic carbocycles. The van der Waals surface area contributed by atoms with Crippen molar-refractivity contribution in [3.8, 4) is 5.69 Å². The lowest BCUT2D eigenvalue weighted by atomic mass is 10.1. The van der Waals surface area contributed by atoms with Gasteiger partial charge < -0.3 is 9.47 Å². The van der Waals surface area contributed by atoms with Crippen LogP contribution in [0.1, 0.15) is 32.1 Å². The minimum Gasteiger partial charge on any atom is -0.336 e. The zero-order chi connectivity index (χ0) is 22.8. The molecule has 3 aromatic rings. The van der Waals surface area contributed by atoms with Gasteiger partial charge in [-0.25, -0.2) is 0 Å². The lowest BCUT2D eigenvalue weighted by molar-refractivity contribution is 0.0624. The van der Waals surface area contributed by atoms with Gasteiger partial charge >= 0.3 is 0 Å². The SMILES string of the molecule is Cc1cc(C(=O)CN2CCN(C(=O)c3ccc(Cl)c(Cl)c3)CC2)c(C)n1-c1ccccc1. The number of carbonyl (C=O) groups is 2. The minimum atomic E-state index is -0.0686. The van der Waals surface area contributed by atoms with Gasteiger partial charge in [0.15, 0.2) is 5.78 Å². The Morgan fingerprint density at radius 2 is 1.56 bits per heavy atom. The number of hydrogen-bond acceptors (Lipinski definition) is 3. The molecule has 1 saturated heterocycles. The first kappa shape index (κ1) is 22.6. The molecular formula is C25H25Cl2N3O2. The summed E-state index contributed by atoms with van der Waals surface area (Å²) in [5.74, 6) is 0.0329. The summed E-state index contributed by atoms with van der Waals surface area (Å²) in [6, 6.07) is 16.9. The number of amides is 1. The number of aryl methyl sites for hydroxylation is 1. The zero-order valence-electron chi connectivity index (χ0n) is 18.1. The van der Waals surface area contributed by atoms with Crippen LogP contribution in [0.2, 0.25) is 10.0 Å². The van der Waals surface area contributed by atoms with Crippen molar-refractivity contribution in [2.45, 2.75) is 13.8 Å². The molecule has 0 radical (unpaired) electrons. The Kier molecular flexibility index (Phi) is 6.70. The van der Waals surface area contributed by atoms with Gasteiger partial charge in [-0.1, -0.05) is 41.4 Å². The van der Waals surface area contributed by atoms with Crippen LogP contribution in [0.25, 0.3) is 5.69 Å². The van der Waals surface area contributed by atoms with Crippen LogP contribution in [0, 0.1) is 13.8 Å². The number of ketones is 1. The molecule has 166 valence electrons. The van der Waals surface area contributed by atoms with E-state index in [0.29, 0.717) is 48.3 Å². The zero-order valence-corrected chi connectivity index (χ0v) is 19.7. The molecule has 32 heavy (non-hydrogen) atoms. The van der Waals surface area contributed by atoms with E-state index in [-0.39, 0.29) is 11.7 Å². The highest BCUT2D eigenvalue weighted by molar-refractivity contribution is 6.42. The largest absolute Gasteiger partial charge is 0.336 e. The Morgan fingerprint density at radius 1 is 0.875 bits per heavy atom. The van der Waals surface area contributed by atoms with Crippen molar-refractivity contribution < 1.29 is 9.59 Å². The van der Waals surface area contributed by atoms with Crippen molar-refractivity contribution >= 4 is 34.9 Å².